The molecule has 0 aliphatic heterocycles. The normalized spacial score (nSPS) is 14.4. The smallest absolute Gasteiger partial charge is 0.264 e. The number of sulfonamides is 1. The number of hydrogen-bond donors (Lipinski definition) is 1. The van der Waals surface area contributed by atoms with Crippen LogP contribution in [0.15, 0.2) is 77.7 Å². The van der Waals surface area contributed by atoms with Crippen molar-refractivity contribution in [1.82, 2.24) is 10.2 Å². The monoisotopic (exact) mass is 619 g/mol. The summed E-state index contributed by atoms with van der Waals surface area (Å²) in [5.41, 5.74) is 0.885. The third-order valence-electron chi connectivity index (χ3n) is 7.15. The number of halogens is 3. The van der Waals surface area contributed by atoms with E-state index in [4.69, 9.17) is 23.2 Å². The largest absolute Gasteiger partial charge is 0.352 e. The zero-order valence-corrected chi connectivity index (χ0v) is 24.9. The topological polar surface area (TPSA) is 86.8 Å². The van der Waals surface area contributed by atoms with Gasteiger partial charge in [-0.3, -0.25) is 13.9 Å². The van der Waals surface area contributed by atoms with Crippen LogP contribution >= 0.6 is 23.2 Å². The fourth-order valence-electron chi connectivity index (χ4n) is 4.98. The second kappa shape index (κ2) is 13.7. The zero-order valence-electron chi connectivity index (χ0n) is 22.6. The molecular formula is C30H32Cl2FN3O4S. The standard InChI is InChI=1S/C30H32Cl2FN3O4S/c1-2-28(30(38)34-23-8-6-7-9-23)35(19-21-12-17-26(31)27(32)18-21)29(37)20-36(24-10-4-3-5-11-24)41(39,40)25-15-13-22(33)14-16-25/h3-5,10-18,23,28H,2,6-9,19-20H2,1H3,(H,34,38). The molecule has 1 fully saturated rings. The van der Waals surface area contributed by atoms with Crippen LogP contribution in [0.2, 0.25) is 10.0 Å². The first-order chi connectivity index (χ1) is 19.6. The van der Waals surface area contributed by atoms with E-state index >= 15 is 0 Å². The van der Waals surface area contributed by atoms with Gasteiger partial charge in [0, 0.05) is 12.6 Å². The Morgan fingerprint density at radius 1 is 0.976 bits per heavy atom. The van der Waals surface area contributed by atoms with Crippen molar-refractivity contribution in [2.75, 3.05) is 10.8 Å². The molecular weight excluding hydrogens is 588 g/mol. The number of carbonyl (C=O) groups excluding carboxylic acids is 2. The molecule has 1 saturated carbocycles. The lowest BCUT2D eigenvalue weighted by molar-refractivity contribution is -0.140. The van der Waals surface area contributed by atoms with Gasteiger partial charge >= 0.3 is 0 Å². The highest BCUT2D eigenvalue weighted by molar-refractivity contribution is 7.92. The summed E-state index contributed by atoms with van der Waals surface area (Å²) in [5.74, 6) is -1.46. The van der Waals surface area contributed by atoms with Crippen molar-refractivity contribution in [3.8, 4) is 0 Å². The molecule has 1 aliphatic carbocycles. The number of carbonyl (C=O) groups is 2. The molecule has 3 aromatic rings. The molecule has 0 spiro atoms. The average molecular weight is 621 g/mol. The first-order valence-electron chi connectivity index (χ1n) is 13.5. The van der Waals surface area contributed by atoms with Gasteiger partial charge in [0.1, 0.15) is 18.4 Å². The maximum absolute atomic E-state index is 14.1. The number of amides is 2. The fourth-order valence-corrected chi connectivity index (χ4v) is 6.71. The van der Waals surface area contributed by atoms with E-state index in [1.54, 1.807) is 55.5 Å². The van der Waals surface area contributed by atoms with Crippen molar-refractivity contribution in [2.45, 2.75) is 62.6 Å². The lowest BCUT2D eigenvalue weighted by atomic mass is 10.1. The molecule has 4 rings (SSSR count). The molecule has 1 atom stereocenters. The Morgan fingerprint density at radius 3 is 2.24 bits per heavy atom. The molecule has 3 aromatic carbocycles. The minimum atomic E-state index is -4.28. The Morgan fingerprint density at radius 2 is 1.63 bits per heavy atom. The van der Waals surface area contributed by atoms with Gasteiger partial charge in [0.2, 0.25) is 11.8 Å². The first kappa shape index (κ1) is 30.8. The Bertz CT molecular complexity index is 1470. The third kappa shape index (κ3) is 7.58. The van der Waals surface area contributed by atoms with E-state index in [9.17, 15) is 22.4 Å². The van der Waals surface area contributed by atoms with Gasteiger partial charge in [-0.15, -0.1) is 0 Å². The quantitative estimate of drug-likeness (QED) is 0.277. The van der Waals surface area contributed by atoms with Crippen LogP contribution in [0.3, 0.4) is 0 Å². The highest BCUT2D eigenvalue weighted by Crippen LogP contribution is 2.27. The number of nitrogens with one attached hydrogen (secondary N) is 1. The Balaban J connectivity index is 1.70. The Kier molecular flexibility index (Phi) is 10.3. The van der Waals surface area contributed by atoms with E-state index in [0.717, 1.165) is 54.3 Å². The molecule has 41 heavy (non-hydrogen) atoms. The van der Waals surface area contributed by atoms with Crippen LogP contribution in [0, 0.1) is 5.82 Å². The van der Waals surface area contributed by atoms with Gasteiger partial charge in [0.15, 0.2) is 0 Å². The number of benzene rings is 3. The molecule has 218 valence electrons. The van der Waals surface area contributed by atoms with Gasteiger partial charge in [-0.05, 0) is 73.4 Å². The average Bonchev–Trinajstić information content (AvgIpc) is 3.47. The van der Waals surface area contributed by atoms with Crippen molar-refractivity contribution in [3.05, 3.63) is 94.2 Å². The lowest BCUT2D eigenvalue weighted by Crippen LogP contribution is -2.53. The van der Waals surface area contributed by atoms with Crippen LogP contribution in [0.25, 0.3) is 0 Å². The van der Waals surface area contributed by atoms with Crippen LogP contribution in [-0.2, 0) is 26.2 Å². The molecule has 7 nitrogen and oxygen atoms in total. The maximum Gasteiger partial charge on any atom is 0.264 e. The molecule has 0 radical (unpaired) electrons. The van der Waals surface area contributed by atoms with E-state index in [1.165, 1.54) is 4.90 Å². The van der Waals surface area contributed by atoms with Crippen molar-refractivity contribution in [2.24, 2.45) is 0 Å². The number of hydrogen-bond acceptors (Lipinski definition) is 4. The lowest BCUT2D eigenvalue weighted by Gasteiger charge is -2.33. The summed E-state index contributed by atoms with van der Waals surface area (Å²) < 4.78 is 42.1. The predicted molar refractivity (Wildman–Crippen MR) is 159 cm³/mol. The maximum atomic E-state index is 14.1. The fraction of sp³-hybridized carbons (Fsp3) is 0.333. The van der Waals surface area contributed by atoms with E-state index in [1.807, 2.05) is 0 Å². The highest BCUT2D eigenvalue weighted by atomic mass is 35.5. The molecule has 0 bridgehead atoms. The van der Waals surface area contributed by atoms with Gasteiger partial charge in [0.25, 0.3) is 10.0 Å². The van der Waals surface area contributed by atoms with Gasteiger partial charge in [-0.1, -0.05) is 67.2 Å². The van der Waals surface area contributed by atoms with E-state index < -0.39 is 34.3 Å². The summed E-state index contributed by atoms with van der Waals surface area (Å²) >= 11 is 12.3. The van der Waals surface area contributed by atoms with Crippen LogP contribution in [-0.4, -0.2) is 43.8 Å². The van der Waals surface area contributed by atoms with Crippen molar-refractivity contribution < 1.29 is 22.4 Å². The predicted octanol–water partition coefficient (Wildman–Crippen LogP) is 6.19. The van der Waals surface area contributed by atoms with E-state index in [-0.39, 0.29) is 29.1 Å². The van der Waals surface area contributed by atoms with Crippen LogP contribution in [0.5, 0.6) is 0 Å². The third-order valence-corrected chi connectivity index (χ3v) is 9.68. The van der Waals surface area contributed by atoms with Gasteiger partial charge in [-0.2, -0.15) is 0 Å². The SMILES string of the molecule is CCC(C(=O)NC1CCCC1)N(Cc1ccc(Cl)c(Cl)c1)C(=O)CN(c1ccccc1)S(=O)(=O)c1ccc(F)cc1. The Labute approximate surface area is 250 Å². The number of nitrogens with zero attached hydrogens (tertiary/aromatic N) is 2. The zero-order chi connectivity index (χ0) is 29.6. The number of para-hydroxylation sites is 1. The minimum Gasteiger partial charge on any atom is -0.352 e. The molecule has 1 N–H and O–H groups in total. The van der Waals surface area contributed by atoms with Crippen molar-refractivity contribution >= 4 is 50.7 Å². The molecule has 11 heteroatoms. The summed E-state index contributed by atoms with van der Waals surface area (Å²) in [5, 5.41) is 3.71. The van der Waals surface area contributed by atoms with Gasteiger partial charge in [-0.25, -0.2) is 12.8 Å². The highest BCUT2D eigenvalue weighted by Gasteiger charge is 2.34. The Hall–Kier alpha value is -3.14. The molecule has 1 unspecified atom stereocenters. The van der Waals surface area contributed by atoms with Crippen molar-refractivity contribution in [1.29, 1.82) is 0 Å². The summed E-state index contributed by atoms with van der Waals surface area (Å²) in [7, 11) is -4.28. The summed E-state index contributed by atoms with van der Waals surface area (Å²) in [4.78, 5) is 28.8. The van der Waals surface area contributed by atoms with E-state index in [0.29, 0.717) is 22.0 Å². The van der Waals surface area contributed by atoms with Crippen LogP contribution in [0.4, 0.5) is 10.1 Å². The summed E-state index contributed by atoms with van der Waals surface area (Å²) in [6.07, 6.45) is 4.12. The first-order valence-corrected chi connectivity index (χ1v) is 15.7. The number of rotatable bonds is 11. The van der Waals surface area contributed by atoms with Gasteiger partial charge < -0.3 is 10.2 Å². The molecule has 0 heterocycles. The molecule has 0 aromatic heterocycles. The van der Waals surface area contributed by atoms with Crippen LogP contribution in [0.1, 0.15) is 44.6 Å². The second-order valence-electron chi connectivity index (χ2n) is 9.99. The molecule has 0 saturated heterocycles. The second-order valence-corrected chi connectivity index (χ2v) is 12.7. The van der Waals surface area contributed by atoms with Gasteiger partial charge in [0.05, 0.1) is 20.6 Å². The van der Waals surface area contributed by atoms with Crippen molar-refractivity contribution in [3.63, 3.8) is 0 Å². The molecule has 2 amide bonds. The van der Waals surface area contributed by atoms with Crippen LogP contribution < -0.4 is 9.62 Å². The number of anilines is 1. The summed E-state index contributed by atoms with van der Waals surface area (Å²) in [6.45, 7) is 1.22. The molecule has 1 aliphatic rings. The van der Waals surface area contributed by atoms with E-state index in [2.05, 4.69) is 5.32 Å². The summed E-state index contributed by atoms with van der Waals surface area (Å²) in [6, 6.07) is 16.7. The minimum absolute atomic E-state index is 0.00550.